The Morgan fingerprint density at radius 2 is 2.20 bits per heavy atom. The van der Waals surface area contributed by atoms with E-state index in [0.29, 0.717) is 6.54 Å². The molecule has 0 aliphatic rings. The van der Waals surface area contributed by atoms with Gasteiger partial charge in [0, 0.05) is 31.3 Å². The van der Waals surface area contributed by atoms with Gasteiger partial charge in [-0.25, -0.2) is 0 Å². The van der Waals surface area contributed by atoms with Crippen molar-refractivity contribution in [2.45, 2.75) is 13.1 Å². The van der Waals surface area contributed by atoms with Crippen molar-refractivity contribution in [1.82, 2.24) is 24.8 Å². The zero-order valence-electron chi connectivity index (χ0n) is 11.3. The molecule has 0 aliphatic carbocycles. The molecule has 20 heavy (non-hydrogen) atoms. The molecule has 0 spiro atoms. The molecule has 0 bridgehead atoms. The van der Waals surface area contributed by atoms with Crippen molar-refractivity contribution < 1.29 is 0 Å². The van der Waals surface area contributed by atoms with E-state index < -0.39 is 0 Å². The molecular formula is C14H16N6. The summed E-state index contributed by atoms with van der Waals surface area (Å²) >= 11 is 0. The second-order valence-electron chi connectivity index (χ2n) is 4.64. The molecule has 6 nitrogen and oxygen atoms in total. The molecule has 0 aliphatic heterocycles. The Kier molecular flexibility index (Phi) is 3.45. The Balaban J connectivity index is 1.65. The average Bonchev–Trinajstić information content (AvgIpc) is 3.09. The SMILES string of the molecule is Cn1cc(CNc2cccc(Cn3cccn3)c2)nn1. The molecule has 2 aromatic heterocycles. The molecule has 1 aromatic carbocycles. The van der Waals surface area contributed by atoms with Gasteiger partial charge in [-0.15, -0.1) is 5.10 Å². The molecule has 3 aromatic rings. The first-order valence-electron chi connectivity index (χ1n) is 6.45. The highest BCUT2D eigenvalue weighted by molar-refractivity contribution is 5.45. The summed E-state index contributed by atoms with van der Waals surface area (Å²) in [6.45, 7) is 1.44. The first kappa shape index (κ1) is 12.4. The summed E-state index contributed by atoms with van der Waals surface area (Å²) in [5, 5.41) is 15.5. The van der Waals surface area contributed by atoms with E-state index in [-0.39, 0.29) is 0 Å². The van der Waals surface area contributed by atoms with Gasteiger partial charge in [-0.3, -0.25) is 9.36 Å². The van der Waals surface area contributed by atoms with Gasteiger partial charge < -0.3 is 5.32 Å². The molecule has 0 amide bonds. The van der Waals surface area contributed by atoms with Gasteiger partial charge in [0.05, 0.1) is 13.1 Å². The second kappa shape index (κ2) is 5.56. The molecule has 0 fully saturated rings. The normalized spacial score (nSPS) is 10.7. The van der Waals surface area contributed by atoms with Crippen molar-refractivity contribution >= 4 is 5.69 Å². The van der Waals surface area contributed by atoms with E-state index in [9.17, 15) is 0 Å². The lowest BCUT2D eigenvalue weighted by molar-refractivity contribution is 0.687. The Labute approximate surface area is 117 Å². The van der Waals surface area contributed by atoms with E-state index in [0.717, 1.165) is 17.9 Å². The maximum Gasteiger partial charge on any atom is 0.102 e. The lowest BCUT2D eigenvalue weighted by Crippen LogP contribution is -2.03. The highest BCUT2D eigenvalue weighted by Gasteiger charge is 2.00. The van der Waals surface area contributed by atoms with Crippen molar-refractivity contribution in [3.05, 3.63) is 60.2 Å². The molecule has 6 heteroatoms. The van der Waals surface area contributed by atoms with Gasteiger partial charge in [-0.1, -0.05) is 17.3 Å². The van der Waals surface area contributed by atoms with E-state index >= 15 is 0 Å². The summed E-state index contributed by atoms with van der Waals surface area (Å²) in [5.41, 5.74) is 3.20. The Hall–Kier alpha value is -2.63. The minimum Gasteiger partial charge on any atom is -0.379 e. The molecule has 0 saturated carbocycles. The smallest absolute Gasteiger partial charge is 0.102 e. The van der Waals surface area contributed by atoms with Gasteiger partial charge in [-0.05, 0) is 23.8 Å². The third-order valence-corrected chi connectivity index (χ3v) is 2.95. The highest BCUT2D eigenvalue weighted by Crippen LogP contribution is 2.12. The van der Waals surface area contributed by atoms with Gasteiger partial charge >= 0.3 is 0 Å². The second-order valence-corrected chi connectivity index (χ2v) is 4.64. The molecular weight excluding hydrogens is 252 g/mol. The number of rotatable bonds is 5. The van der Waals surface area contributed by atoms with Gasteiger partial charge in [0.15, 0.2) is 0 Å². The first-order chi connectivity index (χ1) is 9.79. The topological polar surface area (TPSA) is 60.6 Å². The van der Waals surface area contributed by atoms with Crippen molar-refractivity contribution in [3.63, 3.8) is 0 Å². The van der Waals surface area contributed by atoms with Crippen molar-refractivity contribution in [2.24, 2.45) is 7.05 Å². The number of anilines is 1. The molecule has 102 valence electrons. The highest BCUT2D eigenvalue weighted by atomic mass is 15.4. The van der Waals surface area contributed by atoms with Crippen molar-refractivity contribution in [1.29, 1.82) is 0 Å². The van der Waals surface area contributed by atoms with Crippen LogP contribution in [-0.2, 0) is 20.1 Å². The zero-order chi connectivity index (χ0) is 13.8. The lowest BCUT2D eigenvalue weighted by atomic mass is 10.2. The summed E-state index contributed by atoms with van der Waals surface area (Å²) < 4.78 is 3.60. The van der Waals surface area contributed by atoms with E-state index in [1.54, 1.807) is 10.9 Å². The number of aryl methyl sites for hydroxylation is 1. The molecule has 2 heterocycles. The summed E-state index contributed by atoms with van der Waals surface area (Å²) in [7, 11) is 1.86. The molecule has 0 unspecified atom stereocenters. The third kappa shape index (κ3) is 3.03. The van der Waals surface area contributed by atoms with E-state index in [1.165, 1.54) is 5.56 Å². The summed E-state index contributed by atoms with van der Waals surface area (Å²) in [4.78, 5) is 0. The predicted octanol–water partition coefficient (Wildman–Crippen LogP) is 1.67. The molecule has 3 rings (SSSR count). The molecule has 0 radical (unpaired) electrons. The number of benzene rings is 1. The van der Waals surface area contributed by atoms with E-state index in [2.05, 4.69) is 32.9 Å². The third-order valence-electron chi connectivity index (χ3n) is 2.95. The number of nitrogens with zero attached hydrogens (tertiary/aromatic N) is 5. The summed E-state index contributed by atoms with van der Waals surface area (Å²) in [6, 6.07) is 10.2. The number of hydrogen-bond donors (Lipinski definition) is 1. The average molecular weight is 268 g/mol. The van der Waals surface area contributed by atoms with Gasteiger partial charge in [0.25, 0.3) is 0 Å². The van der Waals surface area contributed by atoms with Crippen LogP contribution in [0.2, 0.25) is 0 Å². The molecule has 0 atom stereocenters. The number of aromatic nitrogens is 5. The molecule has 0 saturated heterocycles. The standard InChI is InChI=1S/C14H16N6/c1-19-11-14(17-18-19)9-15-13-5-2-4-12(8-13)10-20-7-3-6-16-20/h2-8,11,15H,9-10H2,1H3. The van der Waals surface area contributed by atoms with Crippen LogP contribution in [0.4, 0.5) is 5.69 Å². The van der Waals surface area contributed by atoms with Crippen LogP contribution in [-0.4, -0.2) is 24.8 Å². The minimum absolute atomic E-state index is 0.666. The van der Waals surface area contributed by atoms with Crippen LogP contribution in [0.1, 0.15) is 11.3 Å². The maximum atomic E-state index is 4.21. The summed E-state index contributed by atoms with van der Waals surface area (Å²) in [5.74, 6) is 0. The number of hydrogen-bond acceptors (Lipinski definition) is 4. The largest absolute Gasteiger partial charge is 0.379 e. The van der Waals surface area contributed by atoms with Crippen LogP contribution in [0.25, 0.3) is 0 Å². The van der Waals surface area contributed by atoms with Crippen LogP contribution in [0.3, 0.4) is 0 Å². The molecule has 1 N–H and O–H groups in total. The Morgan fingerprint density at radius 3 is 2.95 bits per heavy atom. The van der Waals surface area contributed by atoms with Crippen LogP contribution >= 0.6 is 0 Å². The van der Waals surface area contributed by atoms with E-state index in [4.69, 9.17) is 0 Å². The van der Waals surface area contributed by atoms with Gasteiger partial charge in [0.1, 0.15) is 5.69 Å². The number of nitrogens with one attached hydrogen (secondary N) is 1. The predicted molar refractivity (Wildman–Crippen MR) is 76.1 cm³/mol. The van der Waals surface area contributed by atoms with Gasteiger partial charge in [0.2, 0.25) is 0 Å². The van der Waals surface area contributed by atoms with Crippen molar-refractivity contribution in [3.8, 4) is 0 Å². The van der Waals surface area contributed by atoms with Crippen LogP contribution < -0.4 is 5.32 Å². The summed E-state index contributed by atoms with van der Waals surface area (Å²) in [6.07, 6.45) is 5.65. The maximum absolute atomic E-state index is 4.21. The quantitative estimate of drug-likeness (QED) is 0.764. The Morgan fingerprint density at radius 1 is 1.25 bits per heavy atom. The fourth-order valence-corrected chi connectivity index (χ4v) is 2.03. The Bertz CT molecular complexity index is 671. The van der Waals surface area contributed by atoms with Crippen LogP contribution in [0, 0.1) is 0 Å². The lowest BCUT2D eigenvalue weighted by Gasteiger charge is -2.07. The zero-order valence-corrected chi connectivity index (χ0v) is 11.3. The van der Waals surface area contributed by atoms with E-state index in [1.807, 2.05) is 42.3 Å². The van der Waals surface area contributed by atoms with Gasteiger partial charge in [-0.2, -0.15) is 5.10 Å². The van der Waals surface area contributed by atoms with Crippen molar-refractivity contribution in [2.75, 3.05) is 5.32 Å². The first-order valence-corrected chi connectivity index (χ1v) is 6.45. The fourth-order valence-electron chi connectivity index (χ4n) is 2.03. The monoisotopic (exact) mass is 268 g/mol. The minimum atomic E-state index is 0.666. The fraction of sp³-hybridized carbons (Fsp3) is 0.214. The van der Waals surface area contributed by atoms with Crippen LogP contribution in [0.5, 0.6) is 0 Å². The van der Waals surface area contributed by atoms with Crippen LogP contribution in [0.15, 0.2) is 48.9 Å².